The lowest BCUT2D eigenvalue weighted by molar-refractivity contribution is -0.122. The molecule has 25 heavy (non-hydrogen) atoms. The van der Waals surface area contributed by atoms with Crippen molar-refractivity contribution in [1.82, 2.24) is 0 Å². The average molecular weight is 343 g/mol. The number of hydrogen-bond donors (Lipinski definition) is 1. The summed E-state index contributed by atoms with van der Waals surface area (Å²) in [7, 11) is 0. The zero-order valence-electron chi connectivity index (χ0n) is 15.9. The van der Waals surface area contributed by atoms with E-state index in [0.29, 0.717) is 16.7 Å². The van der Waals surface area contributed by atoms with Gasteiger partial charge in [0.1, 0.15) is 0 Å². The van der Waals surface area contributed by atoms with Gasteiger partial charge in [0.15, 0.2) is 0 Å². The van der Waals surface area contributed by atoms with E-state index >= 15 is 0 Å². The van der Waals surface area contributed by atoms with Crippen molar-refractivity contribution >= 4 is 0 Å². The first-order chi connectivity index (χ1) is 12.0. The molecule has 2 nitrogen and oxygen atoms in total. The highest BCUT2D eigenvalue weighted by atomic mass is 16.3. The van der Waals surface area contributed by atoms with E-state index in [1.54, 1.807) is 0 Å². The molecular formula is C23H34O2. The Kier molecular flexibility index (Phi) is 3.69. The minimum atomic E-state index is -0.0274. The van der Waals surface area contributed by atoms with E-state index in [4.69, 9.17) is 4.42 Å². The van der Waals surface area contributed by atoms with E-state index in [2.05, 4.69) is 19.9 Å². The Labute approximate surface area is 152 Å². The number of aliphatic hydroxyl groups is 1. The van der Waals surface area contributed by atoms with Crippen LogP contribution in [-0.4, -0.2) is 11.2 Å². The Morgan fingerprint density at radius 3 is 2.56 bits per heavy atom. The molecule has 1 aromatic heterocycles. The molecule has 1 N–H and O–H groups in total. The second-order valence-electron chi connectivity index (χ2n) is 10.3. The average Bonchev–Trinajstić information content (AvgIpc) is 3.22. The van der Waals surface area contributed by atoms with Crippen molar-refractivity contribution in [3.63, 3.8) is 0 Å². The van der Waals surface area contributed by atoms with Gasteiger partial charge in [0.2, 0.25) is 0 Å². The highest BCUT2D eigenvalue weighted by molar-refractivity contribution is 5.22. The zero-order valence-corrected chi connectivity index (χ0v) is 15.9. The first-order valence-corrected chi connectivity index (χ1v) is 10.7. The molecule has 4 aliphatic carbocycles. The van der Waals surface area contributed by atoms with E-state index in [1.165, 1.54) is 50.5 Å². The van der Waals surface area contributed by atoms with Crippen LogP contribution in [0.2, 0.25) is 0 Å². The summed E-state index contributed by atoms with van der Waals surface area (Å²) in [5.41, 5.74) is 2.42. The minimum absolute atomic E-state index is 0.0274. The molecule has 4 saturated carbocycles. The number of rotatable bonds is 1. The molecule has 4 fully saturated rings. The lowest BCUT2D eigenvalue weighted by Gasteiger charge is -2.61. The second-order valence-corrected chi connectivity index (χ2v) is 10.3. The van der Waals surface area contributed by atoms with Crippen LogP contribution in [0.15, 0.2) is 23.0 Å². The number of hydrogen-bond acceptors (Lipinski definition) is 2. The molecule has 8 atom stereocenters. The Bertz CT molecular complexity index is 622. The summed E-state index contributed by atoms with van der Waals surface area (Å²) in [6.07, 6.45) is 15.5. The van der Waals surface area contributed by atoms with Crippen molar-refractivity contribution in [3.8, 4) is 0 Å². The minimum Gasteiger partial charge on any atom is -0.472 e. The second kappa shape index (κ2) is 5.62. The molecule has 4 aliphatic rings. The van der Waals surface area contributed by atoms with Crippen LogP contribution in [0, 0.1) is 34.5 Å². The first kappa shape index (κ1) is 16.4. The molecule has 1 heterocycles. The fourth-order valence-electron chi connectivity index (χ4n) is 8.26. The van der Waals surface area contributed by atoms with Crippen LogP contribution < -0.4 is 0 Å². The van der Waals surface area contributed by atoms with Crippen LogP contribution in [0.3, 0.4) is 0 Å². The van der Waals surface area contributed by atoms with Crippen LogP contribution in [0.25, 0.3) is 0 Å². The maximum atomic E-state index is 10.2. The molecule has 2 heteroatoms. The summed E-state index contributed by atoms with van der Waals surface area (Å²) >= 11 is 0. The third-order valence-electron chi connectivity index (χ3n) is 9.58. The fraction of sp³-hybridized carbons (Fsp3) is 0.826. The number of furan rings is 1. The Morgan fingerprint density at radius 1 is 0.960 bits per heavy atom. The normalized spacial score (nSPS) is 52.3. The topological polar surface area (TPSA) is 33.4 Å². The summed E-state index contributed by atoms with van der Waals surface area (Å²) in [4.78, 5) is 0. The lowest BCUT2D eigenvalue weighted by Crippen LogP contribution is -2.53. The molecule has 1 aromatic rings. The quantitative estimate of drug-likeness (QED) is 0.703. The number of fused-ring (bicyclic) bond motifs is 5. The first-order valence-electron chi connectivity index (χ1n) is 10.7. The summed E-state index contributed by atoms with van der Waals surface area (Å²) < 4.78 is 5.43. The van der Waals surface area contributed by atoms with E-state index in [9.17, 15) is 5.11 Å². The largest absolute Gasteiger partial charge is 0.472 e. The van der Waals surface area contributed by atoms with Crippen LogP contribution in [0.5, 0.6) is 0 Å². The van der Waals surface area contributed by atoms with Crippen molar-refractivity contribution < 1.29 is 9.52 Å². The molecule has 5 rings (SSSR count). The van der Waals surface area contributed by atoms with Crippen molar-refractivity contribution in [2.24, 2.45) is 34.5 Å². The Morgan fingerprint density at radius 2 is 1.76 bits per heavy atom. The third kappa shape index (κ3) is 2.25. The van der Waals surface area contributed by atoms with E-state index in [1.807, 2.05) is 12.5 Å². The molecule has 0 saturated heterocycles. The standard InChI is InChI=1S/C23H34O2/c1-22-10-7-17(24)13-16(22)3-4-18-20-6-5-19(15-9-12-25-14-15)23(20,2)11-8-21(18)22/h9,12,14,16-21,24H,3-8,10-11,13H2,1-2H3/t16-,17+,18+,19-,20+,21+,22+,23-/m1/s1. The van der Waals surface area contributed by atoms with Gasteiger partial charge in [0, 0.05) is 0 Å². The third-order valence-corrected chi connectivity index (χ3v) is 9.58. The number of aliphatic hydroxyl groups excluding tert-OH is 1. The van der Waals surface area contributed by atoms with Crippen LogP contribution in [-0.2, 0) is 0 Å². The van der Waals surface area contributed by atoms with E-state index in [0.717, 1.165) is 36.5 Å². The van der Waals surface area contributed by atoms with E-state index < -0.39 is 0 Å². The molecule has 0 aromatic carbocycles. The van der Waals surface area contributed by atoms with Gasteiger partial charge >= 0.3 is 0 Å². The van der Waals surface area contributed by atoms with Crippen molar-refractivity contribution in [1.29, 1.82) is 0 Å². The van der Waals surface area contributed by atoms with E-state index in [-0.39, 0.29) is 6.10 Å². The highest BCUT2D eigenvalue weighted by Crippen LogP contribution is 2.68. The van der Waals surface area contributed by atoms with Gasteiger partial charge in [0.25, 0.3) is 0 Å². The zero-order chi connectivity index (χ0) is 17.2. The SMILES string of the molecule is C[C@]12CC[C@H](O)C[C@H]1CC[C@@H]1[C@@H]2CC[C@]2(C)[C@@H](c3ccoc3)CC[C@@H]12. The summed E-state index contributed by atoms with van der Waals surface area (Å²) in [6, 6.07) is 2.21. The Balaban J connectivity index is 1.44. The molecule has 138 valence electrons. The highest BCUT2D eigenvalue weighted by Gasteiger charge is 2.60. The van der Waals surface area contributed by atoms with Gasteiger partial charge in [-0.1, -0.05) is 13.8 Å². The van der Waals surface area contributed by atoms with Crippen molar-refractivity contribution in [3.05, 3.63) is 24.2 Å². The lowest BCUT2D eigenvalue weighted by atomic mass is 9.44. The maximum Gasteiger partial charge on any atom is 0.0937 e. The molecule has 0 aliphatic heterocycles. The van der Waals surface area contributed by atoms with Crippen LogP contribution in [0.4, 0.5) is 0 Å². The van der Waals surface area contributed by atoms with Crippen LogP contribution in [0.1, 0.15) is 83.1 Å². The maximum absolute atomic E-state index is 10.2. The molecule has 0 bridgehead atoms. The fourth-order valence-corrected chi connectivity index (χ4v) is 8.26. The summed E-state index contributed by atoms with van der Waals surface area (Å²) in [5.74, 6) is 4.20. The molecule has 0 unspecified atom stereocenters. The van der Waals surface area contributed by atoms with Gasteiger partial charge in [-0.2, -0.15) is 0 Å². The summed E-state index contributed by atoms with van der Waals surface area (Å²) in [5, 5.41) is 10.2. The monoisotopic (exact) mass is 342 g/mol. The van der Waals surface area contributed by atoms with Gasteiger partial charge in [-0.3, -0.25) is 0 Å². The van der Waals surface area contributed by atoms with Crippen molar-refractivity contribution in [2.75, 3.05) is 0 Å². The molecule has 0 radical (unpaired) electrons. The predicted octanol–water partition coefficient (Wildman–Crippen LogP) is 5.77. The Hall–Kier alpha value is -0.760. The predicted molar refractivity (Wildman–Crippen MR) is 99.2 cm³/mol. The van der Waals surface area contributed by atoms with Gasteiger partial charge in [-0.15, -0.1) is 0 Å². The molecule has 0 amide bonds. The molecule has 0 spiro atoms. The smallest absolute Gasteiger partial charge is 0.0937 e. The van der Waals surface area contributed by atoms with Gasteiger partial charge < -0.3 is 9.52 Å². The van der Waals surface area contributed by atoms with Crippen LogP contribution >= 0.6 is 0 Å². The van der Waals surface area contributed by atoms with Gasteiger partial charge in [0.05, 0.1) is 18.6 Å². The summed E-state index contributed by atoms with van der Waals surface area (Å²) in [6.45, 7) is 5.18. The van der Waals surface area contributed by atoms with Crippen molar-refractivity contribution in [2.45, 2.75) is 83.7 Å². The van der Waals surface area contributed by atoms with Gasteiger partial charge in [-0.05, 0) is 110 Å². The van der Waals surface area contributed by atoms with Gasteiger partial charge in [-0.25, -0.2) is 0 Å². The molecular weight excluding hydrogens is 308 g/mol.